The predicted octanol–water partition coefficient (Wildman–Crippen LogP) is 2.33. The van der Waals surface area contributed by atoms with Gasteiger partial charge in [-0.05, 0) is 18.2 Å². The number of benzene rings is 1. The van der Waals surface area contributed by atoms with E-state index in [-0.39, 0.29) is 47.9 Å². The van der Waals surface area contributed by atoms with Crippen molar-refractivity contribution in [1.82, 2.24) is 18.8 Å². The van der Waals surface area contributed by atoms with Gasteiger partial charge in [0.05, 0.1) is 29.1 Å². The number of imidazole rings is 1. The molecule has 1 saturated heterocycles. The number of carbonyl (C=O) groups excluding carboxylic acids is 1. The highest BCUT2D eigenvalue weighted by molar-refractivity contribution is 7.89. The topological polar surface area (TPSA) is 84.7 Å². The van der Waals surface area contributed by atoms with Crippen LogP contribution in [-0.2, 0) is 32.3 Å². The number of hydrogen-bond acceptors (Lipinski definition) is 5. The van der Waals surface area contributed by atoms with Crippen LogP contribution in [0.15, 0.2) is 23.1 Å². The summed E-state index contributed by atoms with van der Waals surface area (Å²) in [6, 6.07) is 3.74. The number of morpholine rings is 1. The van der Waals surface area contributed by atoms with Gasteiger partial charge in [-0.1, -0.05) is 13.8 Å². The van der Waals surface area contributed by atoms with Gasteiger partial charge in [-0.2, -0.15) is 17.5 Å². The van der Waals surface area contributed by atoms with Crippen molar-refractivity contribution in [2.24, 2.45) is 0 Å². The Hall–Kier alpha value is -2.18. The molecule has 1 aliphatic rings. The first-order valence-corrected chi connectivity index (χ1v) is 11.5. The number of halogens is 3. The molecule has 0 radical (unpaired) electrons. The number of nitrogens with zero attached hydrogens (tertiary/aromatic N) is 4. The zero-order chi connectivity index (χ0) is 22.8. The van der Waals surface area contributed by atoms with Gasteiger partial charge in [-0.25, -0.2) is 13.4 Å². The zero-order valence-corrected chi connectivity index (χ0v) is 18.2. The molecule has 2 aromatic rings. The van der Waals surface area contributed by atoms with Crippen LogP contribution in [0.3, 0.4) is 0 Å². The minimum atomic E-state index is -4.75. The van der Waals surface area contributed by atoms with Crippen molar-refractivity contribution < 1.29 is 31.1 Å². The molecule has 0 saturated carbocycles. The third-order valence-corrected chi connectivity index (χ3v) is 7.28. The highest BCUT2D eigenvalue weighted by Gasteiger charge is 2.38. The number of carbonyl (C=O) groups is 1. The summed E-state index contributed by atoms with van der Waals surface area (Å²) in [6.45, 7) is 5.23. The van der Waals surface area contributed by atoms with E-state index in [2.05, 4.69) is 4.98 Å². The molecule has 3 rings (SSSR count). The average molecular weight is 462 g/mol. The van der Waals surface area contributed by atoms with E-state index in [1.54, 1.807) is 18.7 Å². The molecule has 0 unspecified atom stereocenters. The van der Waals surface area contributed by atoms with Crippen LogP contribution < -0.4 is 0 Å². The summed E-state index contributed by atoms with van der Waals surface area (Å²) < 4.78 is 73.6. The first kappa shape index (κ1) is 23.5. The predicted molar refractivity (Wildman–Crippen MR) is 107 cm³/mol. The number of fused-ring (bicyclic) bond motifs is 1. The molecule has 2 heterocycles. The molecule has 12 heteroatoms. The fourth-order valence-corrected chi connectivity index (χ4v) is 5.08. The summed E-state index contributed by atoms with van der Waals surface area (Å²) in [4.78, 5) is 17.5. The lowest BCUT2D eigenvalue weighted by Gasteiger charge is -2.27. The number of ether oxygens (including phenoxy) is 1. The van der Waals surface area contributed by atoms with Gasteiger partial charge in [0.15, 0.2) is 0 Å². The molecule has 0 N–H and O–H groups in total. The van der Waals surface area contributed by atoms with Crippen LogP contribution in [-0.4, -0.2) is 72.5 Å². The van der Waals surface area contributed by atoms with E-state index in [1.165, 1.54) is 16.4 Å². The number of amides is 1. The van der Waals surface area contributed by atoms with Crippen molar-refractivity contribution in [3.05, 3.63) is 24.0 Å². The van der Waals surface area contributed by atoms with E-state index < -0.39 is 22.0 Å². The maximum atomic E-state index is 13.6. The SMILES string of the molecule is CCN(CC)S(=O)(=O)c1ccc2c(c1)nc(C(F)(F)F)n2CCC(=O)N1CCOCC1. The molecular formula is C19H25F3N4O4S. The number of aryl methyl sites for hydroxylation is 1. The summed E-state index contributed by atoms with van der Waals surface area (Å²) >= 11 is 0. The number of hydrogen-bond donors (Lipinski definition) is 0. The lowest BCUT2D eigenvalue weighted by molar-refractivity contribution is -0.147. The van der Waals surface area contributed by atoms with Crippen LogP contribution >= 0.6 is 0 Å². The van der Waals surface area contributed by atoms with Gasteiger partial charge in [0.1, 0.15) is 0 Å². The summed E-state index contributed by atoms with van der Waals surface area (Å²) in [7, 11) is -3.84. The Kier molecular flexibility index (Phi) is 6.92. The van der Waals surface area contributed by atoms with E-state index in [0.717, 1.165) is 10.6 Å². The summed E-state index contributed by atoms with van der Waals surface area (Å²) in [6.07, 6.45) is -4.88. The van der Waals surface area contributed by atoms with Crippen molar-refractivity contribution in [3.63, 3.8) is 0 Å². The van der Waals surface area contributed by atoms with Crippen LogP contribution in [0.2, 0.25) is 0 Å². The smallest absolute Gasteiger partial charge is 0.378 e. The molecule has 0 bridgehead atoms. The fraction of sp³-hybridized carbons (Fsp3) is 0.579. The Morgan fingerprint density at radius 3 is 2.42 bits per heavy atom. The van der Waals surface area contributed by atoms with E-state index in [9.17, 15) is 26.4 Å². The van der Waals surface area contributed by atoms with E-state index in [1.807, 2.05) is 0 Å². The van der Waals surface area contributed by atoms with Crippen LogP contribution in [0.4, 0.5) is 13.2 Å². The molecule has 0 spiro atoms. The molecule has 31 heavy (non-hydrogen) atoms. The Labute approximate surface area is 178 Å². The number of aromatic nitrogens is 2. The molecule has 1 fully saturated rings. The van der Waals surface area contributed by atoms with Crippen LogP contribution in [0.5, 0.6) is 0 Å². The molecule has 1 amide bonds. The van der Waals surface area contributed by atoms with Crippen molar-refractivity contribution in [2.45, 2.75) is 37.9 Å². The van der Waals surface area contributed by atoms with Gasteiger partial charge in [0.25, 0.3) is 0 Å². The molecular weight excluding hydrogens is 437 g/mol. The number of alkyl halides is 3. The first-order chi connectivity index (χ1) is 14.6. The van der Waals surface area contributed by atoms with Crippen LogP contribution in [0.25, 0.3) is 11.0 Å². The summed E-state index contributed by atoms with van der Waals surface area (Å²) in [5.74, 6) is -1.42. The highest BCUT2D eigenvalue weighted by atomic mass is 32.2. The van der Waals surface area contributed by atoms with Gasteiger partial charge in [0, 0.05) is 39.1 Å². The minimum Gasteiger partial charge on any atom is -0.378 e. The quantitative estimate of drug-likeness (QED) is 0.631. The molecule has 172 valence electrons. The van der Waals surface area contributed by atoms with Crippen molar-refractivity contribution in [1.29, 1.82) is 0 Å². The van der Waals surface area contributed by atoms with E-state index in [0.29, 0.717) is 26.3 Å². The van der Waals surface area contributed by atoms with Crippen LogP contribution in [0.1, 0.15) is 26.1 Å². The van der Waals surface area contributed by atoms with Gasteiger partial charge >= 0.3 is 6.18 Å². The third kappa shape index (κ3) is 4.85. The Morgan fingerprint density at radius 2 is 1.84 bits per heavy atom. The second-order valence-electron chi connectivity index (χ2n) is 7.07. The molecule has 1 aliphatic heterocycles. The maximum absolute atomic E-state index is 13.6. The number of sulfonamides is 1. The van der Waals surface area contributed by atoms with Gasteiger partial charge in [0.2, 0.25) is 21.8 Å². The molecule has 0 atom stereocenters. The van der Waals surface area contributed by atoms with E-state index >= 15 is 0 Å². The highest BCUT2D eigenvalue weighted by Crippen LogP contribution is 2.33. The van der Waals surface area contributed by atoms with Gasteiger partial charge in [-0.3, -0.25) is 4.79 Å². The summed E-state index contributed by atoms with van der Waals surface area (Å²) in [5, 5.41) is 0. The zero-order valence-electron chi connectivity index (χ0n) is 17.4. The third-order valence-electron chi connectivity index (χ3n) is 5.23. The Bertz CT molecular complexity index is 1040. The lowest BCUT2D eigenvalue weighted by Crippen LogP contribution is -2.41. The van der Waals surface area contributed by atoms with E-state index in [4.69, 9.17) is 4.74 Å². The molecule has 8 nitrogen and oxygen atoms in total. The van der Waals surface area contributed by atoms with Crippen molar-refractivity contribution in [3.8, 4) is 0 Å². The van der Waals surface area contributed by atoms with Crippen molar-refractivity contribution >= 4 is 27.0 Å². The van der Waals surface area contributed by atoms with Gasteiger partial charge < -0.3 is 14.2 Å². The lowest BCUT2D eigenvalue weighted by atomic mass is 10.3. The monoisotopic (exact) mass is 462 g/mol. The molecule has 0 aliphatic carbocycles. The number of rotatable bonds is 7. The minimum absolute atomic E-state index is 0.0839. The Morgan fingerprint density at radius 1 is 1.19 bits per heavy atom. The second-order valence-corrected chi connectivity index (χ2v) is 9.01. The standard InChI is InChI=1S/C19H25F3N4O4S/c1-3-25(4-2)31(28,29)14-5-6-16-15(13-14)23-18(19(20,21)22)26(16)8-7-17(27)24-9-11-30-12-10-24/h5-6,13H,3-4,7-12H2,1-2H3. The molecule has 1 aromatic heterocycles. The van der Waals surface area contributed by atoms with Crippen LogP contribution in [0, 0.1) is 0 Å². The maximum Gasteiger partial charge on any atom is 0.449 e. The molecule has 1 aromatic carbocycles. The normalized spacial score (nSPS) is 15.7. The second kappa shape index (κ2) is 9.13. The fourth-order valence-electron chi connectivity index (χ4n) is 3.60. The largest absolute Gasteiger partial charge is 0.449 e. The first-order valence-electron chi connectivity index (χ1n) is 10.0. The van der Waals surface area contributed by atoms with Gasteiger partial charge in [-0.15, -0.1) is 0 Å². The van der Waals surface area contributed by atoms with Crippen molar-refractivity contribution in [2.75, 3.05) is 39.4 Å². The Balaban J connectivity index is 1.95. The summed E-state index contributed by atoms with van der Waals surface area (Å²) in [5.41, 5.74) is 0.0416. The average Bonchev–Trinajstić information content (AvgIpc) is 3.11.